The molecule has 144 valence electrons. The maximum Gasteiger partial charge on any atom is 0.0721 e. The van der Waals surface area contributed by atoms with E-state index >= 15 is 0 Å². The van der Waals surface area contributed by atoms with Gasteiger partial charge in [-0.15, -0.1) is 0 Å². The number of aromatic nitrogens is 1. The molecule has 4 N–H and O–H groups in total. The fraction of sp³-hybridized carbons (Fsp3) is 0.0800. The molecule has 4 heteroatoms. The Morgan fingerprint density at radius 1 is 0.931 bits per heavy atom. The van der Waals surface area contributed by atoms with Gasteiger partial charge in [-0.1, -0.05) is 55.1 Å². The predicted octanol–water partition coefficient (Wildman–Crippen LogP) is 5.41. The summed E-state index contributed by atoms with van der Waals surface area (Å²) in [5.41, 5.74) is 11.2. The molecule has 0 atom stereocenters. The van der Waals surface area contributed by atoms with Gasteiger partial charge >= 0.3 is 0 Å². The van der Waals surface area contributed by atoms with Crippen LogP contribution in [0.25, 0.3) is 5.57 Å². The summed E-state index contributed by atoms with van der Waals surface area (Å²) in [5.74, 6) is 5.63. The van der Waals surface area contributed by atoms with Crippen LogP contribution in [0.5, 0.6) is 0 Å². The van der Waals surface area contributed by atoms with Gasteiger partial charge in [-0.05, 0) is 59.0 Å². The van der Waals surface area contributed by atoms with Crippen molar-refractivity contribution in [2.75, 3.05) is 10.7 Å². The summed E-state index contributed by atoms with van der Waals surface area (Å²) in [6.45, 7) is 4.19. The number of nitrogens with one attached hydrogen (secondary N) is 2. The van der Waals surface area contributed by atoms with Crippen molar-refractivity contribution in [1.29, 1.82) is 0 Å². The van der Waals surface area contributed by atoms with E-state index in [1.54, 1.807) is 0 Å². The zero-order valence-electron chi connectivity index (χ0n) is 16.2. The van der Waals surface area contributed by atoms with E-state index in [2.05, 4.69) is 64.8 Å². The summed E-state index contributed by atoms with van der Waals surface area (Å²) in [6, 6.07) is 20.4. The lowest BCUT2D eigenvalue weighted by atomic mass is 10.0. The van der Waals surface area contributed by atoms with Crippen molar-refractivity contribution in [3.8, 4) is 0 Å². The normalized spacial score (nSPS) is 16.4. The van der Waals surface area contributed by atoms with Gasteiger partial charge in [0.05, 0.1) is 11.4 Å². The minimum atomic E-state index is 0.776. The predicted molar refractivity (Wildman–Crippen MR) is 122 cm³/mol. The molecule has 0 bridgehead atoms. The lowest BCUT2D eigenvalue weighted by molar-refractivity contribution is 1.02. The summed E-state index contributed by atoms with van der Waals surface area (Å²) < 4.78 is 0. The quantitative estimate of drug-likeness (QED) is 0.419. The Morgan fingerprint density at radius 2 is 1.79 bits per heavy atom. The van der Waals surface area contributed by atoms with Crippen LogP contribution in [0.4, 0.5) is 17.1 Å². The Bertz CT molecular complexity index is 1100. The van der Waals surface area contributed by atoms with Crippen LogP contribution in [-0.2, 0) is 12.8 Å². The molecule has 1 aliphatic rings. The maximum atomic E-state index is 5.63. The molecule has 1 aliphatic carbocycles. The van der Waals surface area contributed by atoms with E-state index in [4.69, 9.17) is 5.84 Å². The Kier molecular flexibility index (Phi) is 5.54. The molecular weight excluding hydrogens is 356 g/mol. The molecule has 1 heterocycles. The summed E-state index contributed by atoms with van der Waals surface area (Å²) >= 11 is 0. The van der Waals surface area contributed by atoms with E-state index in [9.17, 15) is 0 Å². The number of hydrogen-bond acceptors (Lipinski definition) is 4. The molecule has 0 radical (unpaired) electrons. The van der Waals surface area contributed by atoms with Crippen LogP contribution in [0, 0.1) is 0 Å². The first kappa shape index (κ1) is 18.7. The average molecular weight is 380 g/mol. The molecule has 4 rings (SSSR count). The van der Waals surface area contributed by atoms with Gasteiger partial charge < -0.3 is 10.7 Å². The number of pyridine rings is 1. The third kappa shape index (κ3) is 4.45. The van der Waals surface area contributed by atoms with Crippen LogP contribution in [0.1, 0.15) is 16.8 Å². The molecule has 0 unspecified atom stereocenters. The van der Waals surface area contributed by atoms with Crippen molar-refractivity contribution < 1.29 is 0 Å². The van der Waals surface area contributed by atoms with Crippen molar-refractivity contribution in [3.63, 3.8) is 0 Å². The van der Waals surface area contributed by atoms with E-state index in [0.29, 0.717) is 0 Å². The SMILES string of the molecule is C=C1/C=C\C(c2cccc(Nc3ccccc3NN)c2)=C/Cc2cccnc2C1. The Morgan fingerprint density at radius 3 is 2.66 bits per heavy atom. The van der Waals surface area contributed by atoms with Crippen LogP contribution >= 0.6 is 0 Å². The molecule has 1 aromatic heterocycles. The van der Waals surface area contributed by atoms with Gasteiger partial charge in [-0.3, -0.25) is 10.8 Å². The molecule has 0 saturated heterocycles. The number of anilines is 3. The van der Waals surface area contributed by atoms with E-state index in [0.717, 1.165) is 52.3 Å². The Hall–Kier alpha value is -3.63. The van der Waals surface area contributed by atoms with Gasteiger partial charge in [0.25, 0.3) is 0 Å². The molecular formula is C25H24N4. The maximum absolute atomic E-state index is 5.63. The van der Waals surface area contributed by atoms with Crippen LogP contribution in [0.15, 0.2) is 97.2 Å². The summed E-state index contributed by atoms with van der Waals surface area (Å²) in [5, 5.41) is 3.45. The monoisotopic (exact) mass is 380 g/mol. The largest absolute Gasteiger partial charge is 0.354 e. The molecule has 3 aromatic rings. The van der Waals surface area contributed by atoms with Crippen molar-refractivity contribution in [1.82, 2.24) is 4.98 Å². The number of hydrazine groups is 1. The standard InChI is InChI=1S/C25H24N4/c1-18-11-12-19(13-14-20-7-5-15-27-25(20)16-18)21-6-4-8-22(17-21)28-23-9-2-3-10-24(23)29-26/h2-13,15,17,28-29H,1,14,16,26H2/b12-11-,19-13+. The highest BCUT2D eigenvalue weighted by Gasteiger charge is 2.08. The van der Waals surface area contributed by atoms with Crippen LogP contribution in [0.3, 0.4) is 0 Å². The number of para-hydroxylation sites is 2. The van der Waals surface area contributed by atoms with E-state index in [1.165, 1.54) is 5.56 Å². The highest BCUT2D eigenvalue weighted by atomic mass is 15.2. The second-order valence-electron chi connectivity index (χ2n) is 7.04. The zero-order chi connectivity index (χ0) is 20.1. The average Bonchev–Trinajstić information content (AvgIpc) is 2.83. The number of rotatable bonds is 4. The second kappa shape index (κ2) is 8.59. The minimum Gasteiger partial charge on any atom is -0.354 e. The number of hydrogen-bond donors (Lipinski definition) is 3. The number of fused-ring (bicyclic) bond motifs is 1. The highest BCUT2D eigenvalue weighted by Crippen LogP contribution is 2.28. The third-order valence-electron chi connectivity index (χ3n) is 4.98. The van der Waals surface area contributed by atoms with Gasteiger partial charge in [0.2, 0.25) is 0 Å². The van der Waals surface area contributed by atoms with Gasteiger partial charge in [0.15, 0.2) is 0 Å². The number of nitrogen functional groups attached to an aromatic ring is 1. The Balaban J connectivity index is 1.65. The van der Waals surface area contributed by atoms with Crippen molar-refractivity contribution in [2.24, 2.45) is 5.84 Å². The third-order valence-corrected chi connectivity index (χ3v) is 4.98. The fourth-order valence-corrected chi connectivity index (χ4v) is 3.45. The molecule has 0 saturated carbocycles. The zero-order valence-corrected chi connectivity index (χ0v) is 16.2. The van der Waals surface area contributed by atoms with E-state index in [-0.39, 0.29) is 0 Å². The van der Waals surface area contributed by atoms with Crippen LogP contribution < -0.4 is 16.6 Å². The van der Waals surface area contributed by atoms with Gasteiger partial charge in [-0.25, -0.2) is 0 Å². The van der Waals surface area contributed by atoms with Crippen molar-refractivity contribution in [3.05, 3.63) is 114 Å². The number of benzene rings is 2. The van der Waals surface area contributed by atoms with E-state index in [1.807, 2.05) is 42.6 Å². The first-order valence-corrected chi connectivity index (χ1v) is 9.65. The first-order chi connectivity index (χ1) is 14.2. The fourth-order valence-electron chi connectivity index (χ4n) is 3.45. The molecule has 0 spiro atoms. The summed E-state index contributed by atoms with van der Waals surface area (Å²) in [7, 11) is 0. The molecule has 0 amide bonds. The lowest BCUT2D eigenvalue weighted by Crippen LogP contribution is -2.08. The van der Waals surface area contributed by atoms with Crippen molar-refractivity contribution >= 4 is 22.6 Å². The molecule has 4 nitrogen and oxygen atoms in total. The lowest BCUT2D eigenvalue weighted by Gasteiger charge is -2.13. The summed E-state index contributed by atoms with van der Waals surface area (Å²) in [4.78, 5) is 4.54. The number of nitrogens with two attached hydrogens (primary N) is 1. The minimum absolute atomic E-state index is 0.776. The Labute approximate surface area is 171 Å². The molecule has 2 aromatic carbocycles. The van der Waals surface area contributed by atoms with Gasteiger partial charge in [0, 0.05) is 24.0 Å². The topological polar surface area (TPSA) is 63.0 Å². The van der Waals surface area contributed by atoms with E-state index < -0.39 is 0 Å². The number of allylic oxidation sites excluding steroid dienone is 5. The molecule has 0 aliphatic heterocycles. The molecule has 0 fully saturated rings. The summed E-state index contributed by atoms with van der Waals surface area (Å²) in [6.07, 6.45) is 9.95. The van der Waals surface area contributed by atoms with Gasteiger partial charge in [0.1, 0.15) is 0 Å². The van der Waals surface area contributed by atoms with Crippen molar-refractivity contribution in [2.45, 2.75) is 12.8 Å². The second-order valence-corrected chi connectivity index (χ2v) is 7.04. The van der Waals surface area contributed by atoms with Gasteiger partial charge in [-0.2, -0.15) is 0 Å². The number of nitrogens with zero attached hydrogens (tertiary/aromatic N) is 1. The van der Waals surface area contributed by atoms with Crippen LogP contribution in [-0.4, -0.2) is 4.98 Å². The highest BCUT2D eigenvalue weighted by molar-refractivity contribution is 5.79. The van der Waals surface area contributed by atoms with Crippen LogP contribution in [0.2, 0.25) is 0 Å². The smallest absolute Gasteiger partial charge is 0.0721 e. The molecule has 29 heavy (non-hydrogen) atoms. The first-order valence-electron chi connectivity index (χ1n) is 9.65.